The van der Waals surface area contributed by atoms with Gasteiger partial charge in [-0.25, -0.2) is 17.9 Å². The summed E-state index contributed by atoms with van der Waals surface area (Å²) in [6, 6.07) is 6.96. The number of rotatable bonds is 9. The van der Waals surface area contributed by atoms with Gasteiger partial charge in [0.2, 0.25) is 10.0 Å². The highest BCUT2D eigenvalue weighted by Gasteiger charge is 2.09. The van der Waals surface area contributed by atoms with Crippen LogP contribution in [-0.4, -0.2) is 39.0 Å². The Morgan fingerprint density at radius 1 is 1.33 bits per heavy atom. The molecular formula is C14H19NO5S. The Kier molecular flexibility index (Phi) is 7.07. The van der Waals surface area contributed by atoms with Gasteiger partial charge in [-0.15, -0.1) is 0 Å². The van der Waals surface area contributed by atoms with Crippen LogP contribution in [0.15, 0.2) is 30.3 Å². The van der Waals surface area contributed by atoms with Crippen LogP contribution in [0.4, 0.5) is 0 Å². The first-order valence-electron chi connectivity index (χ1n) is 6.39. The Morgan fingerprint density at radius 3 is 2.57 bits per heavy atom. The van der Waals surface area contributed by atoms with Crippen molar-refractivity contribution in [3.05, 3.63) is 41.5 Å². The monoisotopic (exact) mass is 313 g/mol. The van der Waals surface area contributed by atoms with Crippen molar-refractivity contribution in [2.75, 3.05) is 19.5 Å². The van der Waals surface area contributed by atoms with Crippen molar-refractivity contribution >= 4 is 22.1 Å². The minimum absolute atomic E-state index is 0.0280. The van der Waals surface area contributed by atoms with E-state index in [0.29, 0.717) is 13.0 Å². The molecule has 0 saturated carbocycles. The van der Waals surface area contributed by atoms with E-state index < -0.39 is 16.0 Å². The van der Waals surface area contributed by atoms with Gasteiger partial charge < -0.3 is 9.84 Å². The van der Waals surface area contributed by atoms with Crippen LogP contribution in [0.1, 0.15) is 17.5 Å². The van der Waals surface area contributed by atoms with Gasteiger partial charge in [-0.3, -0.25) is 0 Å². The zero-order valence-electron chi connectivity index (χ0n) is 11.8. The number of hydrogen-bond acceptors (Lipinski definition) is 4. The topological polar surface area (TPSA) is 92.7 Å². The lowest BCUT2D eigenvalue weighted by atomic mass is 10.1. The Labute approximate surface area is 124 Å². The minimum Gasteiger partial charge on any atom is -0.478 e. The van der Waals surface area contributed by atoms with Crippen LogP contribution in [0, 0.1) is 0 Å². The van der Waals surface area contributed by atoms with Gasteiger partial charge in [0.25, 0.3) is 0 Å². The predicted octanol–water partition coefficient (Wildman–Crippen LogP) is 1.24. The van der Waals surface area contributed by atoms with Crippen LogP contribution in [0.2, 0.25) is 0 Å². The Hall–Kier alpha value is -1.70. The molecule has 2 N–H and O–H groups in total. The van der Waals surface area contributed by atoms with Gasteiger partial charge in [0, 0.05) is 26.3 Å². The molecule has 7 heteroatoms. The number of sulfonamides is 1. The van der Waals surface area contributed by atoms with Gasteiger partial charge in [-0.1, -0.05) is 24.3 Å². The fourth-order valence-corrected chi connectivity index (χ4v) is 2.60. The summed E-state index contributed by atoms with van der Waals surface area (Å²) in [6.45, 7) is 0.615. The van der Waals surface area contributed by atoms with E-state index >= 15 is 0 Å². The molecule has 0 aliphatic heterocycles. The van der Waals surface area contributed by atoms with E-state index in [1.807, 2.05) is 0 Å². The number of benzene rings is 1. The fourth-order valence-electron chi connectivity index (χ4n) is 1.57. The van der Waals surface area contributed by atoms with Gasteiger partial charge in [-0.05, 0) is 23.6 Å². The molecule has 0 bridgehead atoms. The fraction of sp³-hybridized carbons (Fsp3) is 0.357. The summed E-state index contributed by atoms with van der Waals surface area (Å²) in [5.74, 6) is -0.983. The first kappa shape index (κ1) is 17.4. The molecule has 0 amide bonds. The third-order valence-corrected chi connectivity index (χ3v) is 4.07. The third kappa shape index (κ3) is 7.60. The molecule has 1 aromatic rings. The molecule has 0 saturated heterocycles. The van der Waals surface area contributed by atoms with Gasteiger partial charge in [0.1, 0.15) is 0 Å². The van der Waals surface area contributed by atoms with E-state index in [9.17, 15) is 13.2 Å². The average Bonchev–Trinajstić information content (AvgIpc) is 2.44. The summed E-state index contributed by atoms with van der Waals surface area (Å²) in [5, 5.41) is 8.52. The number of ether oxygens (including phenoxy) is 1. The molecule has 0 unspecified atom stereocenters. The van der Waals surface area contributed by atoms with E-state index in [1.165, 1.54) is 13.2 Å². The van der Waals surface area contributed by atoms with E-state index in [2.05, 4.69) is 4.72 Å². The number of aliphatic carboxylic acids is 1. The van der Waals surface area contributed by atoms with Crippen molar-refractivity contribution in [1.82, 2.24) is 4.72 Å². The molecule has 0 aliphatic carbocycles. The number of carboxylic acid groups (broad SMARTS) is 1. The molecule has 116 valence electrons. The number of carbonyl (C=O) groups is 1. The standard InChI is InChI=1S/C14H19NO5S/c1-20-9-2-10-21(18,19)15-11-13-5-3-12(4-6-13)7-8-14(16)17/h3-8,15H,2,9-11H2,1H3,(H,16,17). The molecule has 0 aliphatic rings. The number of carboxylic acids is 1. The van der Waals surface area contributed by atoms with Gasteiger partial charge >= 0.3 is 5.97 Å². The molecule has 0 heterocycles. The molecule has 0 fully saturated rings. The molecular weight excluding hydrogens is 294 g/mol. The Balaban J connectivity index is 2.50. The maximum atomic E-state index is 11.7. The highest BCUT2D eigenvalue weighted by Crippen LogP contribution is 2.06. The lowest BCUT2D eigenvalue weighted by Crippen LogP contribution is -2.26. The van der Waals surface area contributed by atoms with Crippen molar-refractivity contribution in [3.63, 3.8) is 0 Å². The summed E-state index contributed by atoms with van der Waals surface area (Å²) in [5.41, 5.74) is 1.54. The van der Waals surface area contributed by atoms with Gasteiger partial charge in [0.15, 0.2) is 0 Å². The van der Waals surface area contributed by atoms with Gasteiger partial charge in [-0.2, -0.15) is 0 Å². The molecule has 1 rings (SSSR count). The second-order valence-corrected chi connectivity index (χ2v) is 6.33. The van der Waals surface area contributed by atoms with Crippen molar-refractivity contribution in [1.29, 1.82) is 0 Å². The first-order chi connectivity index (χ1) is 9.93. The summed E-state index contributed by atoms with van der Waals surface area (Å²) < 4.78 is 30.7. The lowest BCUT2D eigenvalue weighted by molar-refractivity contribution is -0.131. The van der Waals surface area contributed by atoms with Crippen molar-refractivity contribution < 1.29 is 23.1 Å². The lowest BCUT2D eigenvalue weighted by Gasteiger charge is -2.07. The van der Waals surface area contributed by atoms with Crippen LogP contribution in [-0.2, 0) is 26.1 Å². The Morgan fingerprint density at radius 2 is 2.00 bits per heavy atom. The van der Waals surface area contributed by atoms with Crippen molar-refractivity contribution in [3.8, 4) is 0 Å². The zero-order valence-corrected chi connectivity index (χ0v) is 12.6. The second-order valence-electron chi connectivity index (χ2n) is 4.40. The summed E-state index contributed by atoms with van der Waals surface area (Å²) in [6.07, 6.45) is 2.97. The number of nitrogens with one attached hydrogen (secondary N) is 1. The average molecular weight is 313 g/mol. The smallest absolute Gasteiger partial charge is 0.328 e. The Bertz CT molecular complexity index is 578. The summed E-state index contributed by atoms with van der Waals surface area (Å²) >= 11 is 0. The van der Waals surface area contributed by atoms with Crippen molar-refractivity contribution in [2.45, 2.75) is 13.0 Å². The predicted molar refractivity (Wildman–Crippen MR) is 80.2 cm³/mol. The van der Waals surface area contributed by atoms with E-state index in [4.69, 9.17) is 9.84 Å². The highest BCUT2D eigenvalue weighted by molar-refractivity contribution is 7.89. The van der Waals surface area contributed by atoms with Gasteiger partial charge in [0.05, 0.1) is 5.75 Å². The quantitative estimate of drug-likeness (QED) is 0.528. The van der Waals surface area contributed by atoms with Crippen LogP contribution in [0.25, 0.3) is 6.08 Å². The molecule has 1 aromatic carbocycles. The number of hydrogen-bond donors (Lipinski definition) is 2. The highest BCUT2D eigenvalue weighted by atomic mass is 32.2. The van der Waals surface area contributed by atoms with Crippen LogP contribution < -0.4 is 4.72 Å². The maximum Gasteiger partial charge on any atom is 0.328 e. The van der Waals surface area contributed by atoms with E-state index in [0.717, 1.165) is 17.2 Å². The first-order valence-corrected chi connectivity index (χ1v) is 8.04. The normalized spacial score (nSPS) is 11.9. The van der Waals surface area contributed by atoms with Crippen LogP contribution in [0.5, 0.6) is 0 Å². The molecule has 0 radical (unpaired) electrons. The minimum atomic E-state index is -3.31. The molecule has 0 atom stereocenters. The third-order valence-electron chi connectivity index (χ3n) is 2.66. The molecule has 0 aromatic heterocycles. The van der Waals surface area contributed by atoms with E-state index in [1.54, 1.807) is 24.3 Å². The SMILES string of the molecule is COCCCS(=O)(=O)NCc1ccc(C=CC(=O)O)cc1. The molecule has 6 nitrogen and oxygen atoms in total. The van der Waals surface area contributed by atoms with E-state index in [-0.39, 0.29) is 12.3 Å². The largest absolute Gasteiger partial charge is 0.478 e. The zero-order chi connectivity index (χ0) is 15.7. The van der Waals surface area contributed by atoms with Crippen molar-refractivity contribution in [2.24, 2.45) is 0 Å². The van der Waals surface area contributed by atoms with Crippen LogP contribution in [0.3, 0.4) is 0 Å². The molecule has 21 heavy (non-hydrogen) atoms. The number of methoxy groups -OCH3 is 1. The maximum absolute atomic E-state index is 11.7. The molecule has 0 spiro atoms. The van der Waals surface area contributed by atoms with Crippen LogP contribution >= 0.6 is 0 Å². The second kappa shape index (κ2) is 8.56. The summed E-state index contributed by atoms with van der Waals surface area (Å²) in [4.78, 5) is 10.4. The summed E-state index contributed by atoms with van der Waals surface area (Å²) in [7, 11) is -1.78.